The van der Waals surface area contributed by atoms with Gasteiger partial charge in [-0.05, 0) is 110 Å². The summed E-state index contributed by atoms with van der Waals surface area (Å²) in [5.41, 5.74) is 1.23. The van der Waals surface area contributed by atoms with Crippen LogP contribution in [-0.2, 0) is 0 Å². The fraction of sp³-hybridized carbons (Fsp3) is 0.0769. The molecule has 1 unspecified atom stereocenters. The molecule has 0 aliphatic heterocycles. The van der Waals surface area contributed by atoms with E-state index >= 15 is 0 Å². The Labute approximate surface area is 273 Å². The normalized spacial score (nSPS) is 12.4. The van der Waals surface area contributed by atoms with Crippen LogP contribution < -0.4 is 0 Å². The molecule has 0 spiro atoms. The molecule has 0 radical (unpaired) electrons. The quantitative estimate of drug-likeness (QED) is 0.0711. The molecule has 9 N–H and O–H groups in total. The predicted molar refractivity (Wildman–Crippen MR) is 180 cm³/mol. The van der Waals surface area contributed by atoms with Gasteiger partial charge in [0, 0.05) is 28.2 Å². The fourth-order valence-corrected chi connectivity index (χ4v) is 6.70. The lowest BCUT2D eigenvalue weighted by Gasteiger charge is -2.26. The van der Waals surface area contributed by atoms with Gasteiger partial charge in [0.1, 0.15) is 40.6 Å². The SMILES string of the molecule is Oc1ccc2c(C(O)c3cc(C(O)O)cc(C(c4c(O)ccc5cc(O)ccc45)c4c(O)ccc5cc(O)ccc45)c3)c(O)ccc2c1. The van der Waals surface area contributed by atoms with Crippen LogP contribution in [0.15, 0.2) is 109 Å². The van der Waals surface area contributed by atoms with E-state index in [2.05, 4.69) is 0 Å². The molecule has 48 heavy (non-hydrogen) atoms. The molecule has 0 amide bonds. The average Bonchev–Trinajstić information content (AvgIpc) is 3.06. The highest BCUT2D eigenvalue weighted by Gasteiger charge is 2.30. The minimum absolute atomic E-state index is 0.00167. The van der Waals surface area contributed by atoms with E-state index in [1.807, 2.05) is 0 Å². The summed E-state index contributed by atoms with van der Waals surface area (Å²) >= 11 is 0. The van der Waals surface area contributed by atoms with Gasteiger partial charge < -0.3 is 46.0 Å². The number of fused-ring (bicyclic) bond motifs is 3. The van der Waals surface area contributed by atoms with Gasteiger partial charge in [0.25, 0.3) is 0 Å². The lowest BCUT2D eigenvalue weighted by atomic mass is 9.78. The van der Waals surface area contributed by atoms with Crippen LogP contribution in [0.25, 0.3) is 32.3 Å². The van der Waals surface area contributed by atoms with Crippen LogP contribution in [0.3, 0.4) is 0 Å². The van der Waals surface area contributed by atoms with Crippen molar-refractivity contribution in [3.8, 4) is 34.5 Å². The van der Waals surface area contributed by atoms with Gasteiger partial charge in [0.15, 0.2) is 6.29 Å². The van der Waals surface area contributed by atoms with Gasteiger partial charge in [-0.15, -0.1) is 0 Å². The molecule has 0 heterocycles. The van der Waals surface area contributed by atoms with E-state index in [4.69, 9.17) is 0 Å². The maximum Gasteiger partial charge on any atom is 0.178 e. The largest absolute Gasteiger partial charge is 0.508 e. The second-order valence-electron chi connectivity index (χ2n) is 11.9. The van der Waals surface area contributed by atoms with Crippen molar-refractivity contribution < 1.29 is 46.0 Å². The van der Waals surface area contributed by atoms with E-state index in [1.165, 1.54) is 66.7 Å². The lowest BCUT2D eigenvalue weighted by molar-refractivity contribution is -0.0426. The van der Waals surface area contributed by atoms with Crippen molar-refractivity contribution in [2.24, 2.45) is 0 Å². The van der Waals surface area contributed by atoms with Crippen LogP contribution in [0, 0.1) is 0 Å². The van der Waals surface area contributed by atoms with E-state index in [0.29, 0.717) is 49.0 Å². The first-order valence-electron chi connectivity index (χ1n) is 15.0. The van der Waals surface area contributed by atoms with Gasteiger partial charge in [-0.25, -0.2) is 0 Å². The lowest BCUT2D eigenvalue weighted by Crippen LogP contribution is -2.10. The van der Waals surface area contributed by atoms with Crippen molar-refractivity contribution in [1.82, 2.24) is 0 Å². The third-order valence-electron chi connectivity index (χ3n) is 8.86. The van der Waals surface area contributed by atoms with Crippen LogP contribution in [-0.4, -0.2) is 46.0 Å². The van der Waals surface area contributed by atoms with Crippen molar-refractivity contribution in [2.75, 3.05) is 0 Å². The Morgan fingerprint density at radius 2 is 0.729 bits per heavy atom. The van der Waals surface area contributed by atoms with E-state index in [1.54, 1.807) is 42.5 Å². The molecular weight excluding hydrogens is 612 g/mol. The molecule has 9 nitrogen and oxygen atoms in total. The smallest absolute Gasteiger partial charge is 0.178 e. The Bertz CT molecular complexity index is 2290. The van der Waals surface area contributed by atoms with Crippen LogP contribution >= 0.6 is 0 Å². The number of benzene rings is 7. The summed E-state index contributed by atoms with van der Waals surface area (Å²) in [4.78, 5) is 0. The average molecular weight is 643 g/mol. The number of hydrogen-bond acceptors (Lipinski definition) is 9. The zero-order valence-corrected chi connectivity index (χ0v) is 25.1. The van der Waals surface area contributed by atoms with Crippen molar-refractivity contribution in [3.63, 3.8) is 0 Å². The monoisotopic (exact) mass is 642 g/mol. The summed E-state index contributed by atoms with van der Waals surface area (Å²) in [7, 11) is 0. The number of aromatic hydroxyl groups is 6. The van der Waals surface area contributed by atoms with Crippen LogP contribution in [0.5, 0.6) is 34.5 Å². The Morgan fingerprint density at radius 3 is 1.17 bits per heavy atom. The maximum atomic E-state index is 11.9. The second-order valence-corrected chi connectivity index (χ2v) is 11.9. The maximum absolute atomic E-state index is 11.9. The molecule has 0 aromatic heterocycles. The van der Waals surface area contributed by atoms with E-state index < -0.39 is 18.3 Å². The Kier molecular flexibility index (Phi) is 7.45. The number of aliphatic hydroxyl groups is 3. The van der Waals surface area contributed by atoms with Crippen molar-refractivity contribution in [3.05, 3.63) is 143 Å². The van der Waals surface area contributed by atoms with Crippen LogP contribution in [0.4, 0.5) is 0 Å². The highest BCUT2D eigenvalue weighted by atomic mass is 16.5. The van der Waals surface area contributed by atoms with E-state index in [-0.39, 0.29) is 51.2 Å². The van der Waals surface area contributed by atoms with Crippen molar-refractivity contribution in [1.29, 1.82) is 0 Å². The third kappa shape index (κ3) is 5.22. The number of phenols is 6. The van der Waals surface area contributed by atoms with Crippen molar-refractivity contribution in [2.45, 2.75) is 18.3 Å². The summed E-state index contributed by atoms with van der Waals surface area (Å²) in [5.74, 6) is -1.57. The van der Waals surface area contributed by atoms with Gasteiger partial charge in [-0.1, -0.05) is 42.5 Å². The van der Waals surface area contributed by atoms with Gasteiger partial charge >= 0.3 is 0 Å². The molecule has 0 saturated carbocycles. The Morgan fingerprint density at radius 1 is 0.354 bits per heavy atom. The highest BCUT2D eigenvalue weighted by molar-refractivity contribution is 5.95. The molecule has 0 fully saturated rings. The van der Waals surface area contributed by atoms with Gasteiger partial charge in [0.05, 0.1) is 0 Å². The summed E-state index contributed by atoms with van der Waals surface area (Å²) in [6.45, 7) is 0. The summed E-state index contributed by atoms with van der Waals surface area (Å²) in [6, 6.07) is 27.4. The molecular formula is C39H30O9. The standard InChI is InChI=1S/C39H30O9/c40-25-4-7-28-19(16-25)1-10-31(43)35(28)34(36-29-8-5-26(41)17-20(29)2-11-32(36)44)22-13-23(15-24(14-22)39(47)48)38(46)37-30-9-6-27(42)18-21(30)3-12-33(37)45/h1-18,34,38-48H. The Hall–Kier alpha value is -6.00. The Balaban J connectivity index is 1.56. The molecule has 1 atom stereocenters. The summed E-state index contributed by atoms with van der Waals surface area (Å²) in [6.07, 6.45) is -3.50. The third-order valence-corrected chi connectivity index (χ3v) is 8.86. The number of hydrogen-bond donors (Lipinski definition) is 9. The van der Waals surface area contributed by atoms with Crippen LogP contribution in [0.1, 0.15) is 51.7 Å². The molecule has 0 aliphatic rings. The second kappa shape index (κ2) is 11.7. The molecule has 0 bridgehead atoms. The number of rotatable bonds is 6. The predicted octanol–water partition coefficient (Wildman–Crippen LogP) is 6.62. The zero-order valence-electron chi connectivity index (χ0n) is 25.1. The molecule has 240 valence electrons. The zero-order chi connectivity index (χ0) is 33.9. The molecule has 7 aromatic rings. The molecule has 9 heteroatoms. The molecule has 0 aliphatic carbocycles. The first-order chi connectivity index (χ1) is 23.0. The summed E-state index contributed by atoms with van der Waals surface area (Å²) in [5, 5.41) is 100. The van der Waals surface area contributed by atoms with Gasteiger partial charge in [-0.2, -0.15) is 0 Å². The molecule has 7 aromatic carbocycles. The molecule has 7 rings (SSSR count). The van der Waals surface area contributed by atoms with Gasteiger partial charge in [-0.3, -0.25) is 0 Å². The van der Waals surface area contributed by atoms with E-state index in [9.17, 15) is 46.0 Å². The molecule has 0 saturated heterocycles. The van der Waals surface area contributed by atoms with E-state index in [0.717, 1.165) is 0 Å². The van der Waals surface area contributed by atoms with Crippen LogP contribution in [0.2, 0.25) is 0 Å². The first kappa shape index (κ1) is 30.6. The topological polar surface area (TPSA) is 182 Å². The first-order valence-corrected chi connectivity index (χ1v) is 15.0. The number of aliphatic hydroxyl groups excluding tert-OH is 2. The minimum atomic E-state index is -1.99. The highest BCUT2D eigenvalue weighted by Crippen LogP contribution is 2.48. The number of phenolic OH excluding ortho intramolecular Hbond substituents is 6. The fourth-order valence-electron chi connectivity index (χ4n) is 6.70. The minimum Gasteiger partial charge on any atom is -0.508 e. The van der Waals surface area contributed by atoms with Gasteiger partial charge in [0.2, 0.25) is 0 Å². The summed E-state index contributed by atoms with van der Waals surface area (Å²) < 4.78 is 0. The van der Waals surface area contributed by atoms with Crippen molar-refractivity contribution >= 4 is 32.3 Å².